The number of nitrogens with one attached hydrogen (secondary N) is 2. The zero-order chi connectivity index (χ0) is 16.9. The number of hydrogen-bond acceptors (Lipinski definition) is 2. The van der Waals surface area contributed by atoms with Gasteiger partial charge in [0.15, 0.2) is 0 Å². The van der Waals surface area contributed by atoms with E-state index in [-0.39, 0.29) is 23.9 Å². The van der Waals surface area contributed by atoms with Gasteiger partial charge in [-0.05, 0) is 56.1 Å². The van der Waals surface area contributed by atoms with Gasteiger partial charge in [0, 0.05) is 12.0 Å². The smallest absolute Gasteiger partial charge is 0.312 e. The monoisotopic (exact) mass is 329 g/mol. The minimum Gasteiger partial charge on any atom is -0.352 e. The summed E-state index contributed by atoms with van der Waals surface area (Å²) in [6.07, 6.45) is 7.72. The summed E-state index contributed by atoms with van der Waals surface area (Å²) in [6, 6.07) is 8.25. The Bertz CT molecular complexity index is 594. The van der Waals surface area contributed by atoms with Crippen LogP contribution in [0.3, 0.4) is 0 Å². The van der Waals surface area contributed by atoms with Crippen molar-refractivity contribution in [1.82, 2.24) is 10.6 Å². The van der Waals surface area contributed by atoms with Crippen LogP contribution in [0.25, 0.3) is 0 Å². The van der Waals surface area contributed by atoms with Crippen LogP contribution in [-0.2, 0) is 11.2 Å². The fourth-order valence-corrected chi connectivity index (χ4v) is 4.06. The van der Waals surface area contributed by atoms with Crippen molar-refractivity contribution in [2.75, 3.05) is 0 Å². The quantitative estimate of drug-likeness (QED) is 0.745. The molecule has 2 aliphatic carbocycles. The number of nitrogens with two attached hydrogens (primary N) is 1. The molecule has 0 spiro atoms. The average Bonchev–Trinajstić information content (AvgIpc) is 2.77. The maximum Gasteiger partial charge on any atom is 0.312 e. The molecule has 0 radical (unpaired) electrons. The van der Waals surface area contributed by atoms with Crippen molar-refractivity contribution in [1.29, 1.82) is 0 Å². The molecule has 3 rings (SSSR count). The van der Waals surface area contributed by atoms with Crippen LogP contribution in [0.2, 0.25) is 0 Å². The molecular formula is C19H27N3O2. The summed E-state index contributed by atoms with van der Waals surface area (Å²) in [5, 5.41) is 6.04. The van der Waals surface area contributed by atoms with Crippen LogP contribution in [-0.4, -0.2) is 18.0 Å². The van der Waals surface area contributed by atoms with Crippen LogP contribution in [0, 0.1) is 5.92 Å². The molecule has 5 heteroatoms. The van der Waals surface area contributed by atoms with Gasteiger partial charge in [-0.3, -0.25) is 4.79 Å². The molecule has 1 fully saturated rings. The van der Waals surface area contributed by atoms with Crippen molar-refractivity contribution >= 4 is 11.9 Å². The molecule has 0 aliphatic heterocycles. The Morgan fingerprint density at radius 1 is 0.958 bits per heavy atom. The minimum absolute atomic E-state index is 0.0475. The lowest BCUT2D eigenvalue weighted by atomic mass is 9.85. The van der Waals surface area contributed by atoms with E-state index >= 15 is 0 Å². The summed E-state index contributed by atoms with van der Waals surface area (Å²) >= 11 is 0. The SMILES string of the molecule is NC(=O)NC1CCC(C(=O)NC2CCCCc3ccccc32)CC1. The van der Waals surface area contributed by atoms with E-state index in [2.05, 4.69) is 34.9 Å². The predicted octanol–water partition coefficient (Wildman–Crippen LogP) is 2.80. The van der Waals surface area contributed by atoms with E-state index in [9.17, 15) is 9.59 Å². The Hall–Kier alpha value is -2.04. The number of urea groups is 1. The number of carbonyl (C=O) groups excluding carboxylic acids is 2. The minimum atomic E-state index is -0.474. The highest BCUT2D eigenvalue weighted by molar-refractivity contribution is 5.79. The first kappa shape index (κ1) is 16.8. The maximum atomic E-state index is 12.7. The second kappa shape index (κ2) is 7.69. The Labute approximate surface area is 143 Å². The summed E-state index contributed by atoms with van der Waals surface area (Å²) in [5.74, 6) is 0.209. The van der Waals surface area contributed by atoms with Gasteiger partial charge in [0.25, 0.3) is 0 Å². The van der Waals surface area contributed by atoms with Crippen molar-refractivity contribution in [2.24, 2.45) is 11.7 Å². The van der Waals surface area contributed by atoms with Gasteiger partial charge < -0.3 is 16.4 Å². The number of rotatable bonds is 3. The molecule has 5 nitrogen and oxygen atoms in total. The number of primary amides is 1. The average molecular weight is 329 g/mol. The van der Waals surface area contributed by atoms with Crippen molar-refractivity contribution < 1.29 is 9.59 Å². The Morgan fingerprint density at radius 2 is 1.71 bits per heavy atom. The third kappa shape index (κ3) is 4.08. The van der Waals surface area contributed by atoms with Gasteiger partial charge >= 0.3 is 6.03 Å². The first-order valence-electron chi connectivity index (χ1n) is 9.07. The van der Waals surface area contributed by atoms with Gasteiger partial charge in [-0.25, -0.2) is 4.79 Å². The molecule has 4 N–H and O–H groups in total. The molecule has 0 aromatic heterocycles. The van der Waals surface area contributed by atoms with Crippen LogP contribution in [0.4, 0.5) is 4.79 Å². The highest BCUT2D eigenvalue weighted by atomic mass is 16.2. The molecule has 1 atom stereocenters. The first-order chi connectivity index (χ1) is 11.6. The lowest BCUT2D eigenvalue weighted by Crippen LogP contribution is -2.43. The van der Waals surface area contributed by atoms with Gasteiger partial charge in [-0.2, -0.15) is 0 Å². The van der Waals surface area contributed by atoms with Gasteiger partial charge in [-0.15, -0.1) is 0 Å². The fourth-order valence-electron chi connectivity index (χ4n) is 4.06. The fraction of sp³-hybridized carbons (Fsp3) is 0.579. The van der Waals surface area contributed by atoms with E-state index in [1.54, 1.807) is 0 Å². The van der Waals surface area contributed by atoms with Crippen LogP contribution in [0.1, 0.15) is 62.1 Å². The van der Waals surface area contributed by atoms with Crippen molar-refractivity contribution in [2.45, 2.75) is 63.5 Å². The van der Waals surface area contributed by atoms with E-state index in [0.717, 1.165) is 44.9 Å². The summed E-state index contributed by atoms with van der Waals surface area (Å²) in [5.41, 5.74) is 7.83. The van der Waals surface area contributed by atoms with E-state index in [1.165, 1.54) is 17.5 Å². The van der Waals surface area contributed by atoms with Crippen LogP contribution >= 0.6 is 0 Å². The summed E-state index contributed by atoms with van der Waals surface area (Å²) in [4.78, 5) is 23.6. The lowest BCUT2D eigenvalue weighted by molar-refractivity contribution is -0.126. The zero-order valence-electron chi connectivity index (χ0n) is 14.1. The zero-order valence-corrected chi connectivity index (χ0v) is 14.1. The summed E-state index contributed by atoms with van der Waals surface area (Å²) in [7, 11) is 0. The molecule has 0 bridgehead atoms. The molecule has 1 aromatic carbocycles. The van der Waals surface area contributed by atoms with E-state index in [1.807, 2.05) is 0 Å². The second-order valence-electron chi connectivity index (χ2n) is 7.06. The molecule has 130 valence electrons. The number of fused-ring (bicyclic) bond motifs is 1. The topological polar surface area (TPSA) is 84.2 Å². The highest BCUT2D eigenvalue weighted by Crippen LogP contribution is 2.30. The Kier molecular flexibility index (Phi) is 5.38. The Balaban J connectivity index is 1.58. The highest BCUT2D eigenvalue weighted by Gasteiger charge is 2.29. The number of carbonyl (C=O) groups is 2. The number of amides is 3. The summed E-state index contributed by atoms with van der Waals surface area (Å²) in [6.45, 7) is 0. The van der Waals surface area contributed by atoms with E-state index < -0.39 is 6.03 Å². The van der Waals surface area contributed by atoms with Crippen LogP contribution < -0.4 is 16.4 Å². The predicted molar refractivity (Wildman–Crippen MR) is 93.3 cm³/mol. The van der Waals surface area contributed by atoms with Crippen molar-refractivity contribution in [3.05, 3.63) is 35.4 Å². The molecular weight excluding hydrogens is 302 g/mol. The molecule has 1 aromatic rings. The van der Waals surface area contributed by atoms with E-state index in [0.29, 0.717) is 0 Å². The number of aryl methyl sites for hydroxylation is 1. The third-order valence-corrected chi connectivity index (χ3v) is 5.38. The van der Waals surface area contributed by atoms with Gasteiger partial charge in [0.2, 0.25) is 5.91 Å². The van der Waals surface area contributed by atoms with Gasteiger partial charge in [0.1, 0.15) is 0 Å². The molecule has 1 unspecified atom stereocenters. The third-order valence-electron chi connectivity index (χ3n) is 5.38. The van der Waals surface area contributed by atoms with Crippen LogP contribution in [0.5, 0.6) is 0 Å². The molecule has 0 saturated heterocycles. The Morgan fingerprint density at radius 3 is 2.46 bits per heavy atom. The van der Waals surface area contributed by atoms with E-state index in [4.69, 9.17) is 5.73 Å². The molecule has 24 heavy (non-hydrogen) atoms. The molecule has 0 heterocycles. The largest absolute Gasteiger partial charge is 0.352 e. The van der Waals surface area contributed by atoms with Gasteiger partial charge in [-0.1, -0.05) is 30.7 Å². The number of hydrogen-bond donors (Lipinski definition) is 3. The first-order valence-corrected chi connectivity index (χ1v) is 9.07. The second-order valence-corrected chi connectivity index (χ2v) is 7.06. The van der Waals surface area contributed by atoms with Crippen molar-refractivity contribution in [3.8, 4) is 0 Å². The molecule has 3 amide bonds. The molecule has 2 aliphatic rings. The normalized spacial score (nSPS) is 26.8. The van der Waals surface area contributed by atoms with Gasteiger partial charge in [0.05, 0.1) is 6.04 Å². The van der Waals surface area contributed by atoms with Crippen LogP contribution in [0.15, 0.2) is 24.3 Å². The standard InChI is InChI=1S/C19H27N3O2/c20-19(24)21-15-11-9-14(10-12-15)18(23)22-17-8-4-2-6-13-5-1-3-7-16(13)17/h1,3,5,7,14-15,17H,2,4,6,8-12H2,(H,22,23)(H3,20,21,24). The van der Waals surface area contributed by atoms with Crippen molar-refractivity contribution in [3.63, 3.8) is 0 Å². The lowest BCUT2D eigenvalue weighted by Gasteiger charge is -2.29. The maximum absolute atomic E-state index is 12.7. The summed E-state index contributed by atoms with van der Waals surface area (Å²) < 4.78 is 0. The number of benzene rings is 1. The molecule has 1 saturated carbocycles.